The van der Waals surface area contributed by atoms with Crippen molar-refractivity contribution in [2.24, 2.45) is 0 Å². The van der Waals surface area contributed by atoms with Gasteiger partial charge < -0.3 is 9.63 Å². The van der Waals surface area contributed by atoms with E-state index in [9.17, 15) is 4.79 Å². The molecule has 16 heavy (non-hydrogen) atoms. The van der Waals surface area contributed by atoms with Gasteiger partial charge in [0, 0.05) is 12.0 Å². The Labute approximate surface area is 95.6 Å². The van der Waals surface area contributed by atoms with E-state index in [2.05, 4.69) is 19.0 Å². The fourth-order valence-electron chi connectivity index (χ4n) is 1.81. The molecule has 0 amide bonds. The van der Waals surface area contributed by atoms with Crippen molar-refractivity contribution in [2.45, 2.75) is 51.9 Å². The van der Waals surface area contributed by atoms with Gasteiger partial charge in [-0.25, -0.2) is 4.79 Å². The zero-order chi connectivity index (χ0) is 12.0. The van der Waals surface area contributed by atoms with Crippen molar-refractivity contribution in [3.63, 3.8) is 0 Å². The summed E-state index contributed by atoms with van der Waals surface area (Å²) in [5, 5.41) is 12.3. The molecule has 0 radical (unpaired) electrons. The minimum Gasteiger partial charge on any atom is -0.476 e. The third-order valence-corrected chi connectivity index (χ3v) is 2.69. The van der Waals surface area contributed by atoms with E-state index >= 15 is 0 Å². The van der Waals surface area contributed by atoms with Gasteiger partial charge in [0.2, 0.25) is 0 Å². The first kappa shape index (κ1) is 12.7. The minimum atomic E-state index is -1.03. The lowest BCUT2D eigenvalue weighted by Crippen LogP contribution is -1.98. The summed E-state index contributed by atoms with van der Waals surface area (Å²) in [4.78, 5) is 10.7. The van der Waals surface area contributed by atoms with Crippen molar-refractivity contribution in [3.8, 4) is 0 Å². The Morgan fingerprint density at radius 2 is 2.19 bits per heavy atom. The molecule has 0 aromatic carbocycles. The summed E-state index contributed by atoms with van der Waals surface area (Å²) in [7, 11) is 0. The Morgan fingerprint density at radius 1 is 1.44 bits per heavy atom. The van der Waals surface area contributed by atoms with Gasteiger partial charge in [0.1, 0.15) is 5.76 Å². The van der Waals surface area contributed by atoms with Gasteiger partial charge in [-0.3, -0.25) is 0 Å². The van der Waals surface area contributed by atoms with Crippen LogP contribution in [0.2, 0.25) is 0 Å². The molecule has 1 N–H and O–H groups in total. The number of carbonyl (C=O) groups is 1. The van der Waals surface area contributed by atoms with Crippen LogP contribution in [-0.4, -0.2) is 16.2 Å². The zero-order valence-electron chi connectivity index (χ0n) is 9.90. The maximum atomic E-state index is 10.7. The van der Waals surface area contributed by atoms with Gasteiger partial charge in [0.25, 0.3) is 0 Å². The molecule has 0 saturated heterocycles. The van der Waals surface area contributed by atoms with Gasteiger partial charge in [0.15, 0.2) is 5.69 Å². The quantitative estimate of drug-likeness (QED) is 0.772. The number of carboxylic acid groups (broad SMARTS) is 1. The molecular formula is C12H19NO3. The highest BCUT2D eigenvalue weighted by Crippen LogP contribution is 2.27. The number of hydrogen-bond acceptors (Lipinski definition) is 3. The number of unbranched alkanes of at least 4 members (excludes halogenated alkanes) is 1. The van der Waals surface area contributed by atoms with Crippen LogP contribution in [0.1, 0.15) is 68.1 Å². The van der Waals surface area contributed by atoms with Crippen LogP contribution in [0.25, 0.3) is 0 Å². The van der Waals surface area contributed by atoms with E-state index in [0.29, 0.717) is 11.7 Å². The molecule has 1 heterocycles. The fourth-order valence-corrected chi connectivity index (χ4v) is 1.81. The van der Waals surface area contributed by atoms with E-state index < -0.39 is 5.97 Å². The normalized spacial score (nSPS) is 12.6. The average molecular weight is 225 g/mol. The van der Waals surface area contributed by atoms with Gasteiger partial charge >= 0.3 is 5.97 Å². The smallest absolute Gasteiger partial charge is 0.358 e. The van der Waals surface area contributed by atoms with Gasteiger partial charge in [0.05, 0.1) is 0 Å². The van der Waals surface area contributed by atoms with Gasteiger partial charge in [-0.2, -0.15) is 0 Å². The number of aromatic carboxylic acids is 1. The van der Waals surface area contributed by atoms with Crippen LogP contribution < -0.4 is 0 Å². The maximum absolute atomic E-state index is 10.7. The Bertz CT molecular complexity index is 333. The molecule has 1 atom stereocenters. The van der Waals surface area contributed by atoms with Gasteiger partial charge in [-0.15, -0.1) is 0 Å². The monoisotopic (exact) mass is 225 g/mol. The van der Waals surface area contributed by atoms with Crippen LogP contribution in [-0.2, 0) is 0 Å². The lowest BCUT2D eigenvalue weighted by atomic mass is 9.94. The Balaban J connectivity index is 2.71. The highest BCUT2D eigenvalue weighted by atomic mass is 16.5. The van der Waals surface area contributed by atoms with E-state index in [0.717, 1.165) is 32.1 Å². The van der Waals surface area contributed by atoms with E-state index in [1.807, 2.05) is 0 Å². The van der Waals surface area contributed by atoms with Crippen LogP contribution in [0.4, 0.5) is 0 Å². The second kappa shape index (κ2) is 6.30. The van der Waals surface area contributed by atoms with Crippen LogP contribution >= 0.6 is 0 Å². The summed E-state index contributed by atoms with van der Waals surface area (Å²) < 4.78 is 5.11. The molecular weight excluding hydrogens is 206 g/mol. The third-order valence-electron chi connectivity index (χ3n) is 2.69. The second-order valence-corrected chi connectivity index (χ2v) is 4.05. The van der Waals surface area contributed by atoms with E-state index in [4.69, 9.17) is 9.63 Å². The predicted octanol–water partition coefficient (Wildman–Crippen LogP) is 3.45. The first-order valence-corrected chi connectivity index (χ1v) is 5.88. The summed E-state index contributed by atoms with van der Waals surface area (Å²) in [6.07, 6.45) is 5.40. The molecule has 0 aliphatic heterocycles. The maximum Gasteiger partial charge on any atom is 0.358 e. The first-order valence-electron chi connectivity index (χ1n) is 5.88. The summed E-state index contributed by atoms with van der Waals surface area (Å²) >= 11 is 0. The molecule has 90 valence electrons. The molecule has 1 rings (SSSR count). The minimum absolute atomic E-state index is 0.00704. The molecule has 0 saturated carbocycles. The Kier molecular flexibility index (Phi) is 5.02. The molecule has 4 nitrogen and oxygen atoms in total. The van der Waals surface area contributed by atoms with Crippen molar-refractivity contribution in [1.82, 2.24) is 5.16 Å². The van der Waals surface area contributed by atoms with Crippen LogP contribution in [0, 0.1) is 0 Å². The SMILES string of the molecule is CCCCC(CCC)c1cc(C(=O)O)no1. The van der Waals surface area contributed by atoms with Crippen LogP contribution in [0.3, 0.4) is 0 Å². The molecule has 1 unspecified atom stereocenters. The molecule has 0 bridgehead atoms. The molecule has 0 aliphatic carbocycles. The molecule has 0 fully saturated rings. The van der Waals surface area contributed by atoms with Crippen molar-refractivity contribution in [2.75, 3.05) is 0 Å². The van der Waals surface area contributed by atoms with Crippen molar-refractivity contribution in [1.29, 1.82) is 0 Å². The van der Waals surface area contributed by atoms with Crippen molar-refractivity contribution in [3.05, 3.63) is 17.5 Å². The molecule has 1 aromatic heterocycles. The summed E-state index contributed by atoms with van der Waals surface area (Å²) in [6.45, 7) is 4.26. The summed E-state index contributed by atoms with van der Waals surface area (Å²) in [5.41, 5.74) is 0.00704. The fraction of sp³-hybridized carbons (Fsp3) is 0.667. The van der Waals surface area contributed by atoms with E-state index in [1.54, 1.807) is 6.07 Å². The van der Waals surface area contributed by atoms with Crippen LogP contribution in [0.5, 0.6) is 0 Å². The van der Waals surface area contributed by atoms with Crippen LogP contribution in [0.15, 0.2) is 10.6 Å². The van der Waals surface area contributed by atoms with E-state index in [1.165, 1.54) is 0 Å². The topological polar surface area (TPSA) is 63.3 Å². The highest BCUT2D eigenvalue weighted by molar-refractivity contribution is 5.85. The number of hydrogen-bond donors (Lipinski definition) is 1. The number of rotatable bonds is 7. The largest absolute Gasteiger partial charge is 0.476 e. The Morgan fingerprint density at radius 3 is 2.69 bits per heavy atom. The lowest BCUT2D eigenvalue weighted by Gasteiger charge is -2.11. The molecule has 0 aliphatic rings. The van der Waals surface area contributed by atoms with Crippen molar-refractivity contribution < 1.29 is 14.4 Å². The summed E-state index contributed by atoms with van der Waals surface area (Å²) in [6, 6.07) is 1.55. The Hall–Kier alpha value is -1.32. The number of aromatic nitrogens is 1. The lowest BCUT2D eigenvalue weighted by molar-refractivity contribution is 0.0685. The predicted molar refractivity (Wildman–Crippen MR) is 60.6 cm³/mol. The summed E-state index contributed by atoms with van der Waals surface area (Å²) in [5.74, 6) is -0.000935. The number of nitrogens with zero attached hydrogens (tertiary/aromatic N) is 1. The van der Waals surface area contributed by atoms with Crippen molar-refractivity contribution >= 4 is 5.97 Å². The molecule has 0 spiro atoms. The second-order valence-electron chi connectivity index (χ2n) is 4.05. The van der Waals surface area contributed by atoms with Gasteiger partial charge in [-0.05, 0) is 12.8 Å². The molecule has 4 heteroatoms. The van der Waals surface area contributed by atoms with E-state index in [-0.39, 0.29) is 5.69 Å². The third kappa shape index (κ3) is 3.36. The first-order chi connectivity index (χ1) is 7.69. The number of carboxylic acids is 1. The highest BCUT2D eigenvalue weighted by Gasteiger charge is 2.18. The van der Waals surface area contributed by atoms with Gasteiger partial charge in [-0.1, -0.05) is 38.3 Å². The molecule has 1 aromatic rings. The zero-order valence-corrected chi connectivity index (χ0v) is 9.90. The average Bonchev–Trinajstić information content (AvgIpc) is 2.73. The standard InChI is InChI=1S/C12H19NO3/c1-3-5-7-9(6-4-2)11-8-10(12(14)15)13-16-11/h8-9H,3-7H2,1-2H3,(H,14,15).